The van der Waals surface area contributed by atoms with E-state index in [1.54, 1.807) is 0 Å². The first-order chi connectivity index (χ1) is 12.7. The van der Waals surface area contributed by atoms with Gasteiger partial charge in [-0.2, -0.15) is 0 Å². The molecule has 0 amide bonds. The quantitative estimate of drug-likeness (QED) is 0.804. The summed E-state index contributed by atoms with van der Waals surface area (Å²) >= 11 is 6.19. The smallest absolute Gasteiger partial charge is 0.151 e. The Morgan fingerprint density at radius 2 is 2.04 bits per heavy atom. The fraction of sp³-hybridized carbons (Fsp3) is 0.579. The van der Waals surface area contributed by atoms with Crippen molar-refractivity contribution in [2.24, 2.45) is 0 Å². The fourth-order valence-corrected chi connectivity index (χ4v) is 4.22. The Balaban J connectivity index is 0.00000210. The summed E-state index contributed by atoms with van der Waals surface area (Å²) in [6.45, 7) is 3.47. The Hall–Kier alpha value is -1.18. The Bertz CT molecular complexity index is 775. The number of nitrogens with zero attached hydrogens (tertiary/aromatic N) is 3. The van der Waals surface area contributed by atoms with Gasteiger partial charge in [-0.3, -0.25) is 4.57 Å². The minimum absolute atomic E-state index is 0. The number of nitrogens with one attached hydrogen (secondary N) is 1. The first-order valence-corrected chi connectivity index (χ1v) is 9.73. The number of halogens is 2. The first kappa shape index (κ1) is 20.6. The lowest BCUT2D eigenvalue weighted by molar-refractivity contribution is -0.0460. The Kier molecular flexibility index (Phi) is 6.76. The molecule has 4 rings (SSSR count). The van der Waals surface area contributed by atoms with Gasteiger partial charge in [-0.15, -0.1) is 22.6 Å². The minimum Gasteiger partial charge on any atom is -0.394 e. The van der Waals surface area contributed by atoms with Crippen LogP contribution in [0.1, 0.15) is 55.7 Å². The van der Waals surface area contributed by atoms with Crippen LogP contribution in [0.4, 0.5) is 0 Å². The van der Waals surface area contributed by atoms with Crippen molar-refractivity contribution in [1.82, 2.24) is 20.1 Å². The van der Waals surface area contributed by atoms with Gasteiger partial charge in [0.2, 0.25) is 0 Å². The van der Waals surface area contributed by atoms with E-state index in [0.717, 1.165) is 54.6 Å². The molecule has 1 atom stereocenters. The molecule has 27 heavy (non-hydrogen) atoms. The van der Waals surface area contributed by atoms with Crippen molar-refractivity contribution in [2.75, 3.05) is 6.61 Å². The highest BCUT2D eigenvalue weighted by atomic mass is 35.5. The zero-order chi connectivity index (χ0) is 18.1. The van der Waals surface area contributed by atoms with Crippen LogP contribution in [-0.4, -0.2) is 38.7 Å². The van der Waals surface area contributed by atoms with Crippen molar-refractivity contribution >= 4 is 24.0 Å². The lowest BCUT2D eigenvalue weighted by atomic mass is 9.86. The first-order valence-electron chi connectivity index (χ1n) is 9.35. The van der Waals surface area contributed by atoms with Crippen LogP contribution in [0.25, 0.3) is 5.69 Å². The SMILES string of the molecule is CC(CO)O[C@H]1CC[C@H](c2nnc3n2-c2ccc(Cl)cc2CNC3)CC1.Cl. The molecule has 148 valence electrons. The van der Waals surface area contributed by atoms with Crippen LogP contribution in [0.2, 0.25) is 5.02 Å². The molecule has 0 radical (unpaired) electrons. The number of hydrogen-bond acceptors (Lipinski definition) is 5. The molecule has 2 aromatic rings. The second kappa shape index (κ2) is 8.88. The predicted octanol–water partition coefficient (Wildman–Crippen LogP) is 3.37. The third-order valence-electron chi connectivity index (χ3n) is 5.36. The van der Waals surface area contributed by atoms with Gasteiger partial charge in [0.15, 0.2) is 5.82 Å². The summed E-state index contributed by atoms with van der Waals surface area (Å²) in [6, 6.07) is 6.02. The van der Waals surface area contributed by atoms with Crippen LogP contribution in [0.15, 0.2) is 18.2 Å². The third-order valence-corrected chi connectivity index (χ3v) is 5.59. The summed E-state index contributed by atoms with van der Waals surface area (Å²) in [4.78, 5) is 0. The molecule has 1 aliphatic heterocycles. The van der Waals surface area contributed by atoms with E-state index in [2.05, 4.69) is 26.1 Å². The maximum absolute atomic E-state index is 9.18. The molecule has 0 saturated heterocycles. The maximum Gasteiger partial charge on any atom is 0.151 e. The topological polar surface area (TPSA) is 72.2 Å². The number of hydrogen-bond donors (Lipinski definition) is 2. The van der Waals surface area contributed by atoms with Gasteiger partial charge < -0.3 is 15.2 Å². The van der Waals surface area contributed by atoms with Gasteiger partial charge in [-0.1, -0.05) is 11.6 Å². The highest BCUT2D eigenvalue weighted by Crippen LogP contribution is 2.36. The number of benzene rings is 1. The Morgan fingerprint density at radius 1 is 1.26 bits per heavy atom. The molecule has 1 saturated carbocycles. The molecular weight excluding hydrogens is 387 g/mol. The number of aliphatic hydroxyl groups excluding tert-OH is 1. The van der Waals surface area contributed by atoms with Crippen LogP contribution < -0.4 is 5.32 Å². The second-order valence-corrected chi connectivity index (χ2v) is 7.73. The van der Waals surface area contributed by atoms with E-state index in [1.165, 1.54) is 5.56 Å². The van der Waals surface area contributed by atoms with E-state index in [0.29, 0.717) is 12.5 Å². The number of ether oxygens (including phenoxy) is 1. The minimum atomic E-state index is -0.0939. The largest absolute Gasteiger partial charge is 0.394 e. The van der Waals surface area contributed by atoms with Gasteiger partial charge in [0.25, 0.3) is 0 Å². The normalized spacial score (nSPS) is 22.9. The van der Waals surface area contributed by atoms with Crippen LogP contribution >= 0.6 is 24.0 Å². The van der Waals surface area contributed by atoms with Gasteiger partial charge in [0.05, 0.1) is 31.0 Å². The summed E-state index contributed by atoms with van der Waals surface area (Å²) in [5, 5.41) is 22.3. The highest BCUT2D eigenvalue weighted by molar-refractivity contribution is 6.30. The molecule has 2 aliphatic rings. The van der Waals surface area contributed by atoms with Gasteiger partial charge in [0.1, 0.15) is 5.82 Å². The van der Waals surface area contributed by atoms with Crippen LogP contribution in [0, 0.1) is 0 Å². The molecule has 1 aliphatic carbocycles. The number of rotatable bonds is 4. The van der Waals surface area contributed by atoms with E-state index < -0.39 is 0 Å². The molecule has 8 heteroatoms. The van der Waals surface area contributed by atoms with Crippen LogP contribution in [-0.2, 0) is 17.8 Å². The van der Waals surface area contributed by atoms with E-state index >= 15 is 0 Å². The molecule has 1 fully saturated rings. The number of aliphatic hydroxyl groups is 1. The number of fused-ring (bicyclic) bond motifs is 3. The monoisotopic (exact) mass is 412 g/mol. The summed E-state index contributed by atoms with van der Waals surface area (Å²) in [6.07, 6.45) is 4.16. The predicted molar refractivity (Wildman–Crippen MR) is 107 cm³/mol. The van der Waals surface area contributed by atoms with E-state index in [9.17, 15) is 5.11 Å². The van der Waals surface area contributed by atoms with Gasteiger partial charge in [-0.25, -0.2) is 0 Å². The summed E-state index contributed by atoms with van der Waals surface area (Å²) in [5.74, 6) is 2.37. The zero-order valence-corrected chi connectivity index (χ0v) is 17.0. The van der Waals surface area contributed by atoms with Gasteiger partial charge >= 0.3 is 0 Å². The fourth-order valence-electron chi connectivity index (χ4n) is 4.02. The molecule has 1 unspecified atom stereocenters. The van der Waals surface area contributed by atoms with Crippen molar-refractivity contribution in [3.8, 4) is 5.69 Å². The second-order valence-electron chi connectivity index (χ2n) is 7.29. The van der Waals surface area contributed by atoms with Gasteiger partial charge in [-0.05, 0) is 56.4 Å². The highest BCUT2D eigenvalue weighted by Gasteiger charge is 2.30. The van der Waals surface area contributed by atoms with E-state index in [4.69, 9.17) is 16.3 Å². The molecule has 2 heterocycles. The molecule has 0 spiro atoms. The zero-order valence-electron chi connectivity index (χ0n) is 15.4. The number of aromatic nitrogens is 3. The van der Waals surface area contributed by atoms with Crippen molar-refractivity contribution in [3.63, 3.8) is 0 Å². The lowest BCUT2D eigenvalue weighted by Gasteiger charge is -2.30. The van der Waals surface area contributed by atoms with Crippen molar-refractivity contribution in [1.29, 1.82) is 0 Å². The maximum atomic E-state index is 9.18. The van der Waals surface area contributed by atoms with Crippen molar-refractivity contribution < 1.29 is 9.84 Å². The van der Waals surface area contributed by atoms with E-state index in [-0.39, 0.29) is 31.2 Å². The third kappa shape index (κ3) is 4.30. The molecule has 1 aromatic heterocycles. The van der Waals surface area contributed by atoms with E-state index in [1.807, 2.05) is 19.1 Å². The lowest BCUT2D eigenvalue weighted by Crippen LogP contribution is -2.27. The van der Waals surface area contributed by atoms with Gasteiger partial charge in [0, 0.05) is 17.5 Å². The standard InChI is InChI=1S/C19H25ClN4O2.ClH/c1-12(11-25)26-16-5-2-13(3-6-16)19-23-22-18-10-21-9-14-8-15(20)4-7-17(14)24(18)19;/h4,7-8,12-13,16,21,25H,2-3,5-6,9-11H2,1H3;1H/t12?,13-,16-;. The average Bonchev–Trinajstić information content (AvgIpc) is 2.98. The Morgan fingerprint density at radius 3 is 2.78 bits per heavy atom. The summed E-state index contributed by atoms with van der Waals surface area (Å²) in [5.41, 5.74) is 2.30. The van der Waals surface area contributed by atoms with Crippen LogP contribution in [0.5, 0.6) is 0 Å². The van der Waals surface area contributed by atoms with Crippen molar-refractivity contribution in [2.45, 2.75) is 63.8 Å². The van der Waals surface area contributed by atoms with Crippen LogP contribution in [0.3, 0.4) is 0 Å². The summed E-state index contributed by atoms with van der Waals surface area (Å²) in [7, 11) is 0. The average molecular weight is 413 g/mol. The van der Waals surface area contributed by atoms with Crippen molar-refractivity contribution in [3.05, 3.63) is 40.4 Å². The molecular formula is C19H26Cl2N4O2. The molecule has 1 aromatic carbocycles. The Labute approximate surface area is 170 Å². The molecule has 6 nitrogen and oxygen atoms in total. The molecule has 2 N–H and O–H groups in total. The molecule has 0 bridgehead atoms. The summed E-state index contributed by atoms with van der Waals surface area (Å²) < 4.78 is 8.11.